The van der Waals surface area contributed by atoms with Crippen molar-refractivity contribution in [3.63, 3.8) is 0 Å². The van der Waals surface area contributed by atoms with Gasteiger partial charge in [-0.1, -0.05) is 13.3 Å². The van der Waals surface area contributed by atoms with Crippen LogP contribution in [0, 0.1) is 11.8 Å². The number of nitrogens with zero attached hydrogens (tertiary/aromatic N) is 1. The highest BCUT2D eigenvalue weighted by Crippen LogP contribution is 2.28. The average Bonchev–Trinajstić information content (AvgIpc) is 2.48. The van der Waals surface area contributed by atoms with Gasteiger partial charge in [0, 0.05) is 31.1 Å². The maximum atomic E-state index is 12.2. The van der Waals surface area contributed by atoms with Gasteiger partial charge in [0.25, 0.3) is 0 Å². The molecule has 2 fully saturated rings. The number of nitrogens with two attached hydrogens (primary N) is 1. The summed E-state index contributed by atoms with van der Waals surface area (Å²) in [5.41, 5.74) is 6.02. The first-order valence-corrected chi connectivity index (χ1v) is 8.85. The molecule has 4 atom stereocenters. The Kier molecular flexibility index (Phi) is 6.49. The van der Waals surface area contributed by atoms with Crippen LogP contribution in [0.25, 0.3) is 0 Å². The van der Waals surface area contributed by atoms with E-state index in [1.807, 2.05) is 0 Å². The third-order valence-electron chi connectivity index (χ3n) is 5.47. The van der Waals surface area contributed by atoms with E-state index in [0.29, 0.717) is 5.92 Å². The van der Waals surface area contributed by atoms with Gasteiger partial charge in [0.1, 0.15) is 0 Å². The Balaban J connectivity index is 1.61. The lowest BCUT2D eigenvalue weighted by atomic mass is 9.79. The van der Waals surface area contributed by atoms with Crippen LogP contribution in [0.15, 0.2) is 0 Å². The molecule has 21 heavy (non-hydrogen) atoms. The van der Waals surface area contributed by atoms with Crippen LogP contribution < -0.4 is 11.1 Å². The van der Waals surface area contributed by atoms with E-state index >= 15 is 0 Å². The van der Waals surface area contributed by atoms with Crippen molar-refractivity contribution in [3.05, 3.63) is 0 Å². The van der Waals surface area contributed by atoms with Gasteiger partial charge in [-0.2, -0.15) is 0 Å². The molecule has 0 spiro atoms. The van der Waals surface area contributed by atoms with Gasteiger partial charge in [-0.15, -0.1) is 0 Å². The fourth-order valence-electron chi connectivity index (χ4n) is 3.79. The SMILES string of the molecule is CC1CC(C(=O)NCCCN2CCCCC2C)CCC1N. The normalized spacial score (nSPS) is 34.6. The number of carbonyl (C=O) groups excluding carboxylic acids is 1. The molecule has 0 radical (unpaired) electrons. The van der Waals surface area contributed by atoms with E-state index in [-0.39, 0.29) is 17.9 Å². The smallest absolute Gasteiger partial charge is 0.223 e. The first kappa shape index (κ1) is 16.8. The minimum Gasteiger partial charge on any atom is -0.356 e. The average molecular weight is 295 g/mol. The molecule has 0 aromatic carbocycles. The molecule has 0 aromatic rings. The maximum Gasteiger partial charge on any atom is 0.223 e. The lowest BCUT2D eigenvalue weighted by Gasteiger charge is -2.33. The summed E-state index contributed by atoms with van der Waals surface area (Å²) in [7, 11) is 0. The van der Waals surface area contributed by atoms with E-state index in [1.54, 1.807) is 0 Å². The molecule has 122 valence electrons. The summed E-state index contributed by atoms with van der Waals surface area (Å²) >= 11 is 0. The highest BCUT2D eigenvalue weighted by atomic mass is 16.1. The summed E-state index contributed by atoms with van der Waals surface area (Å²) in [6.45, 7) is 7.66. The first-order chi connectivity index (χ1) is 10.1. The molecule has 0 bridgehead atoms. The summed E-state index contributed by atoms with van der Waals surface area (Å²) in [6, 6.07) is 1.00. The van der Waals surface area contributed by atoms with Crippen molar-refractivity contribution in [2.75, 3.05) is 19.6 Å². The van der Waals surface area contributed by atoms with Crippen LogP contribution >= 0.6 is 0 Å². The molecule has 1 saturated heterocycles. The predicted octanol–water partition coefficient (Wildman–Crippen LogP) is 2.13. The Morgan fingerprint density at radius 2 is 2.05 bits per heavy atom. The zero-order valence-corrected chi connectivity index (χ0v) is 13.8. The summed E-state index contributed by atoms with van der Waals surface area (Å²) in [4.78, 5) is 14.8. The van der Waals surface area contributed by atoms with E-state index in [2.05, 4.69) is 24.1 Å². The van der Waals surface area contributed by atoms with Crippen molar-refractivity contribution in [2.45, 2.75) is 70.9 Å². The summed E-state index contributed by atoms with van der Waals surface area (Å²) in [5, 5.41) is 3.14. The molecule has 2 rings (SSSR count). The molecule has 1 aliphatic carbocycles. The van der Waals surface area contributed by atoms with Crippen molar-refractivity contribution < 1.29 is 4.79 Å². The fraction of sp³-hybridized carbons (Fsp3) is 0.941. The van der Waals surface area contributed by atoms with Gasteiger partial charge in [0.05, 0.1) is 0 Å². The number of likely N-dealkylation sites (tertiary alicyclic amines) is 1. The highest BCUT2D eigenvalue weighted by Gasteiger charge is 2.29. The second kappa shape index (κ2) is 8.14. The second-order valence-electron chi connectivity index (χ2n) is 7.18. The Bertz CT molecular complexity index is 334. The van der Waals surface area contributed by atoms with Gasteiger partial charge in [-0.05, 0) is 57.9 Å². The number of rotatable bonds is 5. The second-order valence-corrected chi connectivity index (χ2v) is 7.18. The van der Waals surface area contributed by atoms with Crippen molar-refractivity contribution in [3.8, 4) is 0 Å². The molecular weight excluding hydrogens is 262 g/mol. The molecule has 3 N–H and O–H groups in total. The molecule has 1 aliphatic heterocycles. The van der Waals surface area contributed by atoms with Gasteiger partial charge >= 0.3 is 0 Å². The molecule has 4 heteroatoms. The van der Waals surface area contributed by atoms with Crippen LogP contribution in [0.1, 0.15) is 58.8 Å². The Labute approximate surface area is 129 Å². The van der Waals surface area contributed by atoms with Crippen LogP contribution in [0.2, 0.25) is 0 Å². The molecule has 0 aromatic heterocycles. The monoisotopic (exact) mass is 295 g/mol. The number of amides is 1. The van der Waals surface area contributed by atoms with Crippen LogP contribution in [-0.4, -0.2) is 42.5 Å². The van der Waals surface area contributed by atoms with Crippen molar-refractivity contribution in [1.82, 2.24) is 10.2 Å². The first-order valence-electron chi connectivity index (χ1n) is 8.85. The van der Waals surface area contributed by atoms with Gasteiger partial charge < -0.3 is 16.0 Å². The van der Waals surface area contributed by atoms with Crippen LogP contribution in [0.3, 0.4) is 0 Å². The minimum absolute atomic E-state index is 0.189. The Hall–Kier alpha value is -0.610. The van der Waals surface area contributed by atoms with Crippen molar-refractivity contribution in [2.24, 2.45) is 17.6 Å². The molecule has 4 unspecified atom stereocenters. The summed E-state index contributed by atoms with van der Waals surface area (Å²) < 4.78 is 0. The number of nitrogens with one attached hydrogen (secondary N) is 1. The van der Waals surface area contributed by atoms with Gasteiger partial charge in [0.2, 0.25) is 5.91 Å². The largest absolute Gasteiger partial charge is 0.356 e. The Morgan fingerprint density at radius 3 is 2.76 bits per heavy atom. The zero-order valence-electron chi connectivity index (χ0n) is 13.8. The number of piperidine rings is 1. The minimum atomic E-state index is 0.189. The molecule has 1 amide bonds. The van der Waals surface area contributed by atoms with E-state index in [1.165, 1.54) is 25.8 Å². The standard InChI is InChI=1S/C17H33N3O/c1-13-12-15(7-8-16(13)18)17(21)19-9-5-11-20-10-4-3-6-14(20)2/h13-16H,3-12,18H2,1-2H3,(H,19,21). The number of hydrogen-bond acceptors (Lipinski definition) is 3. The van der Waals surface area contributed by atoms with Crippen LogP contribution in [0.5, 0.6) is 0 Å². The third-order valence-corrected chi connectivity index (χ3v) is 5.47. The lowest BCUT2D eigenvalue weighted by Crippen LogP contribution is -2.42. The van der Waals surface area contributed by atoms with Crippen molar-refractivity contribution >= 4 is 5.91 Å². The number of carbonyl (C=O) groups is 1. The van der Waals surface area contributed by atoms with Crippen LogP contribution in [-0.2, 0) is 4.79 Å². The molecule has 4 nitrogen and oxygen atoms in total. The van der Waals surface area contributed by atoms with E-state index in [0.717, 1.165) is 44.8 Å². The van der Waals surface area contributed by atoms with Crippen molar-refractivity contribution in [1.29, 1.82) is 0 Å². The third kappa shape index (κ3) is 4.96. The van der Waals surface area contributed by atoms with Gasteiger partial charge in [-0.3, -0.25) is 4.79 Å². The van der Waals surface area contributed by atoms with Crippen LogP contribution in [0.4, 0.5) is 0 Å². The molecule has 2 aliphatic rings. The van der Waals surface area contributed by atoms with E-state index < -0.39 is 0 Å². The topological polar surface area (TPSA) is 58.4 Å². The molecule has 1 saturated carbocycles. The quantitative estimate of drug-likeness (QED) is 0.764. The zero-order chi connectivity index (χ0) is 15.2. The van der Waals surface area contributed by atoms with Gasteiger partial charge in [0.15, 0.2) is 0 Å². The van der Waals surface area contributed by atoms with E-state index in [9.17, 15) is 4.79 Å². The molecule has 1 heterocycles. The maximum absolute atomic E-state index is 12.2. The Morgan fingerprint density at radius 1 is 1.24 bits per heavy atom. The van der Waals surface area contributed by atoms with E-state index in [4.69, 9.17) is 5.73 Å². The fourth-order valence-corrected chi connectivity index (χ4v) is 3.79. The number of hydrogen-bond donors (Lipinski definition) is 2. The summed E-state index contributed by atoms with van der Waals surface area (Å²) in [6.07, 6.45) is 8.00. The predicted molar refractivity (Wildman–Crippen MR) is 87.0 cm³/mol. The molecular formula is C17H33N3O. The summed E-state index contributed by atoms with van der Waals surface area (Å²) in [5.74, 6) is 0.915. The highest BCUT2D eigenvalue weighted by molar-refractivity contribution is 5.78. The van der Waals surface area contributed by atoms with Gasteiger partial charge in [-0.25, -0.2) is 0 Å². The lowest BCUT2D eigenvalue weighted by molar-refractivity contribution is -0.126.